The summed E-state index contributed by atoms with van der Waals surface area (Å²) < 4.78 is 1.84. The standard InChI is InChI=1S/C25H18ClNO2/c1-17-22(23(28)13-12-18-7-5-10-20(26)15-18)16-21-11-6-14-27(21)24(17)25(29)19-8-3-2-4-9-19/h2-16H,1H3/b13-12+. The zero-order chi connectivity index (χ0) is 20.4. The minimum Gasteiger partial charge on any atom is -0.313 e. The van der Waals surface area contributed by atoms with Crippen molar-refractivity contribution in [1.82, 2.24) is 4.40 Å². The normalized spacial score (nSPS) is 11.2. The van der Waals surface area contributed by atoms with E-state index >= 15 is 0 Å². The van der Waals surface area contributed by atoms with E-state index in [4.69, 9.17) is 11.6 Å². The predicted octanol–water partition coefficient (Wildman–Crippen LogP) is 6.03. The maximum absolute atomic E-state index is 13.2. The van der Waals surface area contributed by atoms with Crippen LogP contribution in [0.25, 0.3) is 11.6 Å². The molecule has 0 aliphatic heterocycles. The van der Waals surface area contributed by atoms with E-state index in [-0.39, 0.29) is 11.6 Å². The maximum atomic E-state index is 13.2. The first kappa shape index (κ1) is 18.9. The van der Waals surface area contributed by atoms with Gasteiger partial charge in [-0.05, 0) is 54.5 Å². The number of aromatic nitrogens is 1. The monoisotopic (exact) mass is 399 g/mol. The SMILES string of the molecule is Cc1c(C(=O)/C=C/c2cccc(Cl)c2)cc2cccn2c1C(=O)c1ccccc1. The summed E-state index contributed by atoms with van der Waals surface area (Å²) in [6, 6.07) is 22.0. The topological polar surface area (TPSA) is 38.5 Å². The second kappa shape index (κ2) is 7.90. The summed E-state index contributed by atoms with van der Waals surface area (Å²) in [5.74, 6) is -0.272. The molecule has 29 heavy (non-hydrogen) atoms. The first-order valence-corrected chi connectivity index (χ1v) is 9.61. The average Bonchev–Trinajstić information content (AvgIpc) is 3.20. The Morgan fingerprint density at radius 1 is 0.931 bits per heavy atom. The van der Waals surface area contributed by atoms with Crippen LogP contribution in [0.1, 0.15) is 37.5 Å². The lowest BCUT2D eigenvalue weighted by Gasteiger charge is -2.13. The van der Waals surface area contributed by atoms with Gasteiger partial charge in [0.25, 0.3) is 0 Å². The summed E-state index contributed by atoms with van der Waals surface area (Å²) in [5, 5.41) is 0.612. The largest absolute Gasteiger partial charge is 0.313 e. The Balaban J connectivity index is 1.79. The van der Waals surface area contributed by atoms with Crippen molar-refractivity contribution in [3.63, 3.8) is 0 Å². The molecule has 4 heteroatoms. The van der Waals surface area contributed by atoms with Gasteiger partial charge in [-0.15, -0.1) is 0 Å². The van der Waals surface area contributed by atoms with Crippen LogP contribution in [-0.4, -0.2) is 16.0 Å². The van der Waals surface area contributed by atoms with Gasteiger partial charge in [-0.1, -0.05) is 60.1 Å². The van der Waals surface area contributed by atoms with Gasteiger partial charge in [-0.25, -0.2) is 0 Å². The fraction of sp³-hybridized carbons (Fsp3) is 0.0400. The zero-order valence-corrected chi connectivity index (χ0v) is 16.6. The lowest BCUT2D eigenvalue weighted by Crippen LogP contribution is -2.13. The highest BCUT2D eigenvalue weighted by Gasteiger charge is 2.20. The molecule has 0 unspecified atom stereocenters. The molecule has 0 N–H and O–H groups in total. The summed E-state index contributed by atoms with van der Waals surface area (Å²) in [7, 11) is 0. The van der Waals surface area contributed by atoms with Crippen molar-refractivity contribution in [2.75, 3.05) is 0 Å². The molecule has 2 aromatic carbocycles. The number of halogens is 1. The molecule has 0 atom stereocenters. The molecule has 0 bridgehead atoms. The fourth-order valence-corrected chi connectivity index (χ4v) is 3.61. The molecule has 0 saturated heterocycles. The Morgan fingerprint density at radius 3 is 2.48 bits per heavy atom. The fourth-order valence-electron chi connectivity index (χ4n) is 3.41. The Kier molecular flexibility index (Phi) is 5.15. The molecule has 0 saturated carbocycles. The number of benzene rings is 2. The number of hydrogen-bond acceptors (Lipinski definition) is 2. The molecule has 0 aliphatic rings. The van der Waals surface area contributed by atoms with Crippen LogP contribution in [0.2, 0.25) is 5.02 Å². The molecule has 3 nitrogen and oxygen atoms in total. The van der Waals surface area contributed by atoms with Crippen LogP contribution in [0.15, 0.2) is 85.1 Å². The molecule has 2 heterocycles. The van der Waals surface area contributed by atoms with Crippen LogP contribution in [0.4, 0.5) is 0 Å². The first-order chi connectivity index (χ1) is 14.0. The summed E-state index contributed by atoms with van der Waals surface area (Å²) in [4.78, 5) is 26.2. The Labute approximate surface area is 173 Å². The van der Waals surface area contributed by atoms with Gasteiger partial charge in [0.15, 0.2) is 5.78 Å². The van der Waals surface area contributed by atoms with Crippen LogP contribution >= 0.6 is 11.6 Å². The van der Waals surface area contributed by atoms with E-state index in [1.807, 2.05) is 66.1 Å². The number of ketones is 2. The van der Waals surface area contributed by atoms with Crippen molar-refractivity contribution in [1.29, 1.82) is 0 Å². The van der Waals surface area contributed by atoms with Crippen molar-refractivity contribution in [3.8, 4) is 0 Å². The van der Waals surface area contributed by atoms with E-state index in [9.17, 15) is 9.59 Å². The lowest BCUT2D eigenvalue weighted by molar-refractivity contribution is 0.103. The van der Waals surface area contributed by atoms with Crippen LogP contribution in [0.3, 0.4) is 0 Å². The molecule has 0 aliphatic carbocycles. The zero-order valence-electron chi connectivity index (χ0n) is 15.8. The highest BCUT2D eigenvalue weighted by atomic mass is 35.5. The minimum absolute atomic E-state index is 0.113. The van der Waals surface area contributed by atoms with Crippen LogP contribution in [0.5, 0.6) is 0 Å². The number of allylic oxidation sites excluding steroid dienone is 1. The van der Waals surface area contributed by atoms with E-state index in [1.54, 1.807) is 30.3 Å². The van der Waals surface area contributed by atoms with Gasteiger partial charge in [0.1, 0.15) is 0 Å². The van der Waals surface area contributed by atoms with Gasteiger partial charge in [0.2, 0.25) is 5.78 Å². The molecule has 4 aromatic rings. The molecule has 2 aromatic heterocycles. The van der Waals surface area contributed by atoms with E-state index in [0.717, 1.165) is 11.1 Å². The number of hydrogen-bond donors (Lipinski definition) is 0. The summed E-state index contributed by atoms with van der Waals surface area (Å²) in [6.45, 7) is 1.82. The summed E-state index contributed by atoms with van der Waals surface area (Å²) in [5.41, 5.74) is 3.89. The van der Waals surface area contributed by atoms with Crippen molar-refractivity contribution >= 4 is 34.8 Å². The highest BCUT2D eigenvalue weighted by molar-refractivity contribution is 6.30. The quantitative estimate of drug-likeness (QED) is 0.303. The van der Waals surface area contributed by atoms with E-state index in [0.29, 0.717) is 27.4 Å². The summed E-state index contributed by atoms with van der Waals surface area (Å²) >= 11 is 6.01. The third-order valence-electron chi connectivity index (χ3n) is 4.86. The molecule has 142 valence electrons. The first-order valence-electron chi connectivity index (χ1n) is 9.23. The van der Waals surface area contributed by atoms with Gasteiger partial charge in [0, 0.05) is 27.9 Å². The number of rotatable bonds is 5. The Hall–Kier alpha value is -3.43. The molecule has 0 radical (unpaired) electrons. The van der Waals surface area contributed by atoms with Gasteiger partial charge in [-0.2, -0.15) is 0 Å². The van der Waals surface area contributed by atoms with Gasteiger partial charge in [0.05, 0.1) is 5.69 Å². The van der Waals surface area contributed by atoms with Gasteiger partial charge < -0.3 is 4.40 Å². The predicted molar refractivity (Wildman–Crippen MR) is 117 cm³/mol. The highest BCUT2D eigenvalue weighted by Crippen LogP contribution is 2.23. The minimum atomic E-state index is -0.159. The Bertz CT molecular complexity index is 1250. The molecular formula is C25H18ClNO2. The van der Waals surface area contributed by atoms with E-state index in [1.165, 1.54) is 6.08 Å². The molecule has 4 rings (SSSR count). The molecular weight excluding hydrogens is 382 g/mol. The Morgan fingerprint density at radius 2 is 1.72 bits per heavy atom. The third-order valence-corrected chi connectivity index (χ3v) is 5.10. The summed E-state index contributed by atoms with van der Waals surface area (Å²) in [6.07, 6.45) is 5.09. The van der Waals surface area contributed by atoms with Crippen molar-refractivity contribution in [3.05, 3.63) is 118 Å². The van der Waals surface area contributed by atoms with Crippen LogP contribution < -0.4 is 0 Å². The second-order valence-corrected chi connectivity index (χ2v) is 7.22. The number of pyridine rings is 1. The van der Waals surface area contributed by atoms with Gasteiger partial charge in [-0.3, -0.25) is 9.59 Å². The van der Waals surface area contributed by atoms with Crippen LogP contribution in [0, 0.1) is 6.92 Å². The van der Waals surface area contributed by atoms with Crippen molar-refractivity contribution in [2.24, 2.45) is 0 Å². The number of carbonyl (C=O) groups excluding carboxylic acids is 2. The van der Waals surface area contributed by atoms with E-state index in [2.05, 4.69) is 0 Å². The van der Waals surface area contributed by atoms with Crippen molar-refractivity contribution < 1.29 is 9.59 Å². The number of fused-ring (bicyclic) bond motifs is 1. The lowest BCUT2D eigenvalue weighted by atomic mass is 9.97. The van der Waals surface area contributed by atoms with E-state index < -0.39 is 0 Å². The maximum Gasteiger partial charge on any atom is 0.210 e. The molecule has 0 amide bonds. The smallest absolute Gasteiger partial charge is 0.210 e. The second-order valence-electron chi connectivity index (χ2n) is 6.78. The van der Waals surface area contributed by atoms with Gasteiger partial charge >= 0.3 is 0 Å². The van der Waals surface area contributed by atoms with Crippen molar-refractivity contribution in [2.45, 2.75) is 6.92 Å². The third kappa shape index (κ3) is 3.78. The van der Waals surface area contributed by atoms with Crippen LogP contribution in [-0.2, 0) is 0 Å². The average molecular weight is 400 g/mol. The number of nitrogens with zero attached hydrogens (tertiary/aromatic N) is 1. The molecule has 0 fully saturated rings. The molecule has 0 spiro atoms. The number of carbonyl (C=O) groups is 2.